The number of carbonyl (C=O) groups is 1. The number of likely N-dealkylation sites (N-methyl/N-ethyl adjacent to an activating group) is 1. The Balaban J connectivity index is 2.06. The van der Waals surface area contributed by atoms with Gasteiger partial charge in [0, 0.05) is 13.0 Å². The van der Waals surface area contributed by atoms with Crippen LogP contribution in [-0.2, 0) is 6.42 Å². The maximum absolute atomic E-state index is 12.4. The molecule has 3 nitrogen and oxygen atoms in total. The summed E-state index contributed by atoms with van der Waals surface area (Å²) in [4.78, 5) is 14.5. The molecule has 0 heterocycles. The Labute approximate surface area is 126 Å². The van der Waals surface area contributed by atoms with E-state index in [2.05, 4.69) is 4.90 Å². The molecule has 0 unspecified atom stereocenters. The van der Waals surface area contributed by atoms with E-state index >= 15 is 0 Å². The monoisotopic (exact) mass is 283 g/mol. The van der Waals surface area contributed by atoms with E-state index in [1.165, 1.54) is 0 Å². The summed E-state index contributed by atoms with van der Waals surface area (Å²) >= 11 is 0. The fraction of sp³-hybridized carbons (Fsp3) is 0.278. The van der Waals surface area contributed by atoms with Crippen molar-refractivity contribution in [3.63, 3.8) is 0 Å². The van der Waals surface area contributed by atoms with Gasteiger partial charge in [0.1, 0.15) is 12.4 Å². The first-order valence-electron chi connectivity index (χ1n) is 7.10. The highest BCUT2D eigenvalue weighted by molar-refractivity contribution is 5.99. The van der Waals surface area contributed by atoms with Crippen molar-refractivity contribution in [1.29, 1.82) is 0 Å². The predicted octanol–water partition coefficient (Wildman–Crippen LogP) is 3.05. The normalized spacial score (nSPS) is 10.6. The summed E-state index contributed by atoms with van der Waals surface area (Å²) in [6.07, 6.45) is 0.398. The fourth-order valence-corrected chi connectivity index (χ4v) is 2.04. The first-order valence-corrected chi connectivity index (χ1v) is 7.10. The molecule has 0 spiro atoms. The number of carbonyl (C=O) groups excluding carboxylic acids is 1. The van der Waals surface area contributed by atoms with Crippen LogP contribution in [0.25, 0.3) is 0 Å². The first kappa shape index (κ1) is 15.3. The number of benzene rings is 2. The van der Waals surface area contributed by atoms with Gasteiger partial charge in [-0.3, -0.25) is 4.79 Å². The first-order chi connectivity index (χ1) is 10.2. The van der Waals surface area contributed by atoms with Crippen LogP contribution in [0.4, 0.5) is 0 Å². The van der Waals surface area contributed by atoms with Gasteiger partial charge in [-0.1, -0.05) is 42.5 Å². The summed E-state index contributed by atoms with van der Waals surface area (Å²) < 4.78 is 5.74. The molecule has 0 aliphatic carbocycles. The number of ether oxygens (including phenoxy) is 1. The Kier molecular flexibility index (Phi) is 5.52. The predicted molar refractivity (Wildman–Crippen MR) is 85.0 cm³/mol. The summed E-state index contributed by atoms with van der Waals surface area (Å²) in [6, 6.07) is 17.2. The number of Topliss-reactive ketones (excluding diaryl/α,β-unsaturated/α-hetero) is 1. The minimum atomic E-state index is 0.0849. The van der Waals surface area contributed by atoms with Crippen LogP contribution in [0.15, 0.2) is 54.6 Å². The number of ketones is 1. The van der Waals surface area contributed by atoms with Crippen molar-refractivity contribution in [3.8, 4) is 5.75 Å². The van der Waals surface area contributed by atoms with Gasteiger partial charge >= 0.3 is 0 Å². The molecule has 0 atom stereocenters. The third-order valence-corrected chi connectivity index (χ3v) is 3.19. The van der Waals surface area contributed by atoms with Gasteiger partial charge in [-0.2, -0.15) is 0 Å². The highest BCUT2D eigenvalue weighted by atomic mass is 16.5. The zero-order chi connectivity index (χ0) is 15.1. The molecule has 0 N–H and O–H groups in total. The maximum atomic E-state index is 12.4. The van der Waals surface area contributed by atoms with Gasteiger partial charge in [0.05, 0.1) is 5.56 Å². The number of rotatable bonds is 7. The van der Waals surface area contributed by atoms with Gasteiger partial charge in [0.2, 0.25) is 0 Å². The third kappa shape index (κ3) is 4.72. The lowest BCUT2D eigenvalue weighted by Gasteiger charge is -2.13. The van der Waals surface area contributed by atoms with Crippen LogP contribution in [0.3, 0.4) is 0 Å². The van der Waals surface area contributed by atoms with Crippen LogP contribution in [0.5, 0.6) is 5.75 Å². The average molecular weight is 283 g/mol. The second-order valence-corrected chi connectivity index (χ2v) is 5.23. The molecule has 0 amide bonds. The lowest BCUT2D eigenvalue weighted by atomic mass is 10.0. The molecular formula is C18H21NO2. The summed E-state index contributed by atoms with van der Waals surface area (Å²) in [5.74, 6) is 0.752. The fourth-order valence-electron chi connectivity index (χ4n) is 2.04. The average Bonchev–Trinajstić information content (AvgIpc) is 2.48. The minimum Gasteiger partial charge on any atom is -0.491 e. The van der Waals surface area contributed by atoms with E-state index in [0.29, 0.717) is 24.3 Å². The molecule has 0 radical (unpaired) electrons. The highest BCUT2D eigenvalue weighted by Crippen LogP contribution is 2.20. The van der Waals surface area contributed by atoms with Crippen molar-refractivity contribution < 1.29 is 9.53 Å². The molecule has 0 aliphatic rings. The lowest BCUT2D eigenvalue weighted by Crippen LogP contribution is -2.20. The zero-order valence-corrected chi connectivity index (χ0v) is 12.6. The molecule has 2 aromatic rings. The van der Waals surface area contributed by atoms with E-state index in [1.54, 1.807) is 0 Å². The number of nitrogens with zero attached hydrogens (tertiary/aromatic N) is 1. The summed E-state index contributed by atoms with van der Waals surface area (Å²) in [7, 11) is 3.99. The zero-order valence-electron chi connectivity index (χ0n) is 12.6. The van der Waals surface area contributed by atoms with Gasteiger partial charge in [-0.15, -0.1) is 0 Å². The van der Waals surface area contributed by atoms with Gasteiger partial charge in [-0.05, 0) is 31.8 Å². The molecule has 2 aromatic carbocycles. The van der Waals surface area contributed by atoms with E-state index in [9.17, 15) is 4.79 Å². The van der Waals surface area contributed by atoms with Crippen LogP contribution >= 0.6 is 0 Å². The van der Waals surface area contributed by atoms with Gasteiger partial charge in [0.15, 0.2) is 5.78 Å². The summed E-state index contributed by atoms with van der Waals surface area (Å²) in [6.45, 7) is 1.39. The van der Waals surface area contributed by atoms with Crippen molar-refractivity contribution in [2.24, 2.45) is 0 Å². The molecule has 0 fully saturated rings. The Morgan fingerprint density at radius 2 is 1.67 bits per heavy atom. The standard InChI is InChI=1S/C18H21NO2/c1-19(2)12-13-21-18-11-7-6-10-16(18)17(20)14-15-8-4-3-5-9-15/h3-11H,12-14H2,1-2H3. The van der Waals surface area contributed by atoms with Crippen LogP contribution in [0.2, 0.25) is 0 Å². The number of hydrogen-bond acceptors (Lipinski definition) is 3. The van der Waals surface area contributed by atoms with Crippen LogP contribution < -0.4 is 4.74 Å². The van der Waals surface area contributed by atoms with Crippen LogP contribution in [0, 0.1) is 0 Å². The topological polar surface area (TPSA) is 29.5 Å². The van der Waals surface area contributed by atoms with Gasteiger partial charge < -0.3 is 9.64 Å². The molecule has 0 aliphatic heterocycles. The number of para-hydroxylation sites is 1. The van der Waals surface area contributed by atoms with E-state index in [0.717, 1.165) is 12.1 Å². The Morgan fingerprint density at radius 1 is 1.00 bits per heavy atom. The van der Waals surface area contributed by atoms with Crippen molar-refractivity contribution in [2.45, 2.75) is 6.42 Å². The van der Waals surface area contributed by atoms with Crippen molar-refractivity contribution in [1.82, 2.24) is 4.90 Å². The third-order valence-electron chi connectivity index (χ3n) is 3.19. The molecule has 0 saturated heterocycles. The molecule has 110 valence electrons. The molecule has 0 saturated carbocycles. The van der Waals surface area contributed by atoms with Crippen LogP contribution in [-0.4, -0.2) is 37.9 Å². The Hall–Kier alpha value is -2.13. The SMILES string of the molecule is CN(C)CCOc1ccccc1C(=O)Cc1ccccc1. The maximum Gasteiger partial charge on any atom is 0.170 e. The molecule has 0 aromatic heterocycles. The Bertz CT molecular complexity index is 579. The van der Waals surface area contributed by atoms with Crippen molar-refractivity contribution >= 4 is 5.78 Å². The molecule has 0 bridgehead atoms. The molecule has 21 heavy (non-hydrogen) atoms. The quantitative estimate of drug-likeness (QED) is 0.731. The van der Waals surface area contributed by atoms with Crippen molar-refractivity contribution in [3.05, 3.63) is 65.7 Å². The second-order valence-electron chi connectivity index (χ2n) is 5.23. The van der Waals surface area contributed by atoms with E-state index in [1.807, 2.05) is 68.7 Å². The van der Waals surface area contributed by atoms with E-state index in [-0.39, 0.29) is 5.78 Å². The molecule has 2 rings (SSSR count). The van der Waals surface area contributed by atoms with Crippen molar-refractivity contribution in [2.75, 3.05) is 27.2 Å². The van der Waals surface area contributed by atoms with E-state index in [4.69, 9.17) is 4.74 Å². The summed E-state index contributed by atoms with van der Waals surface area (Å²) in [5, 5.41) is 0. The number of hydrogen-bond donors (Lipinski definition) is 0. The highest BCUT2D eigenvalue weighted by Gasteiger charge is 2.12. The van der Waals surface area contributed by atoms with E-state index < -0.39 is 0 Å². The Morgan fingerprint density at radius 3 is 2.38 bits per heavy atom. The van der Waals surface area contributed by atoms with Crippen LogP contribution in [0.1, 0.15) is 15.9 Å². The van der Waals surface area contributed by atoms with Gasteiger partial charge in [0.25, 0.3) is 0 Å². The molecular weight excluding hydrogens is 262 g/mol. The lowest BCUT2D eigenvalue weighted by molar-refractivity contribution is 0.0988. The van der Waals surface area contributed by atoms with Gasteiger partial charge in [-0.25, -0.2) is 0 Å². The molecule has 3 heteroatoms. The largest absolute Gasteiger partial charge is 0.491 e. The smallest absolute Gasteiger partial charge is 0.170 e. The summed E-state index contributed by atoms with van der Waals surface area (Å²) in [5.41, 5.74) is 1.67. The second kappa shape index (κ2) is 7.60. The minimum absolute atomic E-state index is 0.0849.